The highest BCUT2D eigenvalue weighted by Gasteiger charge is 2.20. The first-order chi connectivity index (χ1) is 4.46. The molecule has 0 aliphatic heterocycles. The first kappa shape index (κ1) is 9.17. The largest absolute Gasteiger partial charge is 0.510 e. The smallest absolute Gasteiger partial charge is 0.135 e. The van der Waals surface area contributed by atoms with E-state index in [0.29, 0.717) is 0 Å². The second-order valence-corrected chi connectivity index (χ2v) is 2.34. The number of carbonyl (C=O) groups is 1. The van der Waals surface area contributed by atoms with Gasteiger partial charge in [-0.05, 0) is 6.92 Å². The molecule has 0 aromatic rings. The third-order valence-corrected chi connectivity index (χ3v) is 1.46. The summed E-state index contributed by atoms with van der Waals surface area (Å²) in [5, 5.41) is 17.6. The Morgan fingerprint density at radius 3 is 2.10 bits per heavy atom. The van der Waals surface area contributed by atoms with Crippen LogP contribution in [0.25, 0.3) is 0 Å². The molecular weight excluding hydrogens is 132 g/mol. The van der Waals surface area contributed by atoms with Crippen LogP contribution < -0.4 is 0 Å². The summed E-state index contributed by atoms with van der Waals surface area (Å²) in [5.74, 6) is -1.09. The van der Waals surface area contributed by atoms with E-state index in [0.717, 1.165) is 0 Å². The molecule has 0 amide bonds. The van der Waals surface area contributed by atoms with Crippen LogP contribution in [0.1, 0.15) is 13.8 Å². The highest BCUT2D eigenvalue weighted by atomic mass is 16.3. The number of hydrogen-bond donors (Lipinski definition) is 2. The van der Waals surface area contributed by atoms with Crippen LogP contribution in [0.5, 0.6) is 0 Å². The molecule has 0 saturated heterocycles. The average Bonchev–Trinajstić information content (AvgIpc) is 1.84. The van der Waals surface area contributed by atoms with Gasteiger partial charge in [-0.15, -0.1) is 0 Å². The van der Waals surface area contributed by atoms with Crippen molar-refractivity contribution < 1.29 is 15.0 Å². The summed E-state index contributed by atoms with van der Waals surface area (Å²) in [6.45, 7) is 6.01. The van der Waals surface area contributed by atoms with Crippen molar-refractivity contribution in [2.75, 3.05) is 0 Å². The Morgan fingerprint density at radius 1 is 1.60 bits per heavy atom. The molecule has 2 N–H and O–H groups in total. The molecule has 0 aromatic heterocycles. The predicted octanol–water partition coefficient (Wildman–Crippen LogP) is 0.644. The Balaban J connectivity index is 4.07. The number of carbonyl (C=O) groups excluding carboxylic acids is 1. The van der Waals surface area contributed by atoms with Gasteiger partial charge in [0.05, 0.1) is 0 Å². The van der Waals surface area contributed by atoms with Gasteiger partial charge in [0.15, 0.2) is 0 Å². The Labute approximate surface area is 60.0 Å². The molecule has 3 nitrogen and oxygen atoms in total. The second-order valence-electron chi connectivity index (χ2n) is 2.34. The number of Topliss-reactive ketones (excluding diaryl/α,β-unsaturated/α-hetero) is 1. The minimum atomic E-state index is -1.13. The van der Waals surface area contributed by atoms with Crippen molar-refractivity contribution >= 4 is 5.78 Å². The van der Waals surface area contributed by atoms with Crippen molar-refractivity contribution in [3.05, 3.63) is 12.3 Å². The molecule has 3 heteroatoms. The minimum Gasteiger partial charge on any atom is -0.510 e. The van der Waals surface area contributed by atoms with Crippen LogP contribution in [0.4, 0.5) is 0 Å². The maximum absolute atomic E-state index is 10.6. The van der Waals surface area contributed by atoms with Crippen LogP contribution in [0.2, 0.25) is 0 Å². The van der Waals surface area contributed by atoms with Gasteiger partial charge in [-0.2, -0.15) is 0 Å². The van der Waals surface area contributed by atoms with Crippen molar-refractivity contribution in [3.63, 3.8) is 0 Å². The van der Waals surface area contributed by atoms with Gasteiger partial charge >= 0.3 is 0 Å². The third kappa shape index (κ3) is 2.19. The van der Waals surface area contributed by atoms with E-state index in [-0.39, 0.29) is 11.5 Å². The summed E-state index contributed by atoms with van der Waals surface area (Å²) >= 11 is 0. The van der Waals surface area contributed by atoms with Crippen LogP contribution >= 0.6 is 0 Å². The van der Waals surface area contributed by atoms with E-state index in [9.17, 15) is 4.79 Å². The number of aliphatic hydroxyl groups excluding tert-OH is 2. The monoisotopic (exact) mass is 144 g/mol. The molecule has 0 radical (unpaired) electrons. The Morgan fingerprint density at radius 2 is 2.00 bits per heavy atom. The summed E-state index contributed by atoms with van der Waals surface area (Å²) in [6, 6.07) is 0. The molecule has 2 unspecified atom stereocenters. The van der Waals surface area contributed by atoms with Crippen molar-refractivity contribution in [2.45, 2.75) is 20.0 Å². The predicted molar refractivity (Wildman–Crippen MR) is 37.6 cm³/mol. The molecule has 10 heavy (non-hydrogen) atoms. The SMILES string of the molecule is C=C(O)C(O)C(C)C(C)=O. The Hall–Kier alpha value is -0.830. The van der Waals surface area contributed by atoms with Crippen LogP contribution in [-0.4, -0.2) is 22.1 Å². The summed E-state index contributed by atoms with van der Waals surface area (Å²) in [6.07, 6.45) is -1.13. The molecule has 0 aliphatic rings. The third-order valence-electron chi connectivity index (χ3n) is 1.46. The maximum atomic E-state index is 10.6. The van der Waals surface area contributed by atoms with E-state index < -0.39 is 12.0 Å². The number of hydrogen-bond acceptors (Lipinski definition) is 3. The molecule has 0 saturated carbocycles. The molecule has 0 fully saturated rings. The quantitative estimate of drug-likeness (QED) is 0.571. The zero-order valence-electron chi connectivity index (χ0n) is 6.16. The number of aliphatic hydroxyl groups is 2. The minimum absolute atomic E-state index is 0.164. The fourth-order valence-corrected chi connectivity index (χ4v) is 0.511. The van der Waals surface area contributed by atoms with Gasteiger partial charge in [-0.1, -0.05) is 13.5 Å². The summed E-state index contributed by atoms with van der Waals surface area (Å²) in [4.78, 5) is 10.6. The molecule has 0 rings (SSSR count). The second kappa shape index (κ2) is 3.37. The highest BCUT2D eigenvalue weighted by molar-refractivity contribution is 5.78. The topological polar surface area (TPSA) is 57.5 Å². The first-order valence-electron chi connectivity index (χ1n) is 3.03. The Kier molecular flexibility index (Phi) is 3.09. The molecule has 0 bridgehead atoms. The van der Waals surface area contributed by atoms with E-state index in [2.05, 4.69) is 6.58 Å². The van der Waals surface area contributed by atoms with Crippen LogP contribution in [0, 0.1) is 5.92 Å². The molecule has 0 heterocycles. The lowest BCUT2D eigenvalue weighted by Crippen LogP contribution is -2.25. The number of ketones is 1. The molecular formula is C7H12O3. The summed E-state index contributed by atoms with van der Waals surface area (Å²) in [7, 11) is 0. The zero-order valence-corrected chi connectivity index (χ0v) is 6.16. The van der Waals surface area contributed by atoms with E-state index >= 15 is 0 Å². The van der Waals surface area contributed by atoms with Crippen molar-refractivity contribution in [1.82, 2.24) is 0 Å². The van der Waals surface area contributed by atoms with Crippen LogP contribution in [0.3, 0.4) is 0 Å². The first-order valence-corrected chi connectivity index (χ1v) is 3.03. The summed E-state index contributed by atoms with van der Waals surface area (Å²) in [5.41, 5.74) is 0. The standard InChI is InChI=1S/C7H12O3/c1-4(5(2)8)7(10)6(3)9/h4,7,9-10H,3H2,1-2H3. The lowest BCUT2D eigenvalue weighted by atomic mass is 10.00. The molecule has 0 aliphatic carbocycles. The summed E-state index contributed by atoms with van der Waals surface area (Å²) < 4.78 is 0. The fraction of sp³-hybridized carbons (Fsp3) is 0.571. The van der Waals surface area contributed by atoms with Crippen LogP contribution in [0.15, 0.2) is 12.3 Å². The molecule has 58 valence electrons. The van der Waals surface area contributed by atoms with Crippen molar-refractivity contribution in [1.29, 1.82) is 0 Å². The van der Waals surface area contributed by atoms with E-state index in [1.807, 2.05) is 0 Å². The zero-order chi connectivity index (χ0) is 8.31. The van der Waals surface area contributed by atoms with E-state index in [4.69, 9.17) is 10.2 Å². The van der Waals surface area contributed by atoms with Gasteiger partial charge in [0.25, 0.3) is 0 Å². The average molecular weight is 144 g/mol. The molecule has 0 aromatic carbocycles. The fourth-order valence-electron chi connectivity index (χ4n) is 0.511. The van der Waals surface area contributed by atoms with Gasteiger partial charge in [0, 0.05) is 5.92 Å². The van der Waals surface area contributed by atoms with E-state index in [1.54, 1.807) is 0 Å². The highest BCUT2D eigenvalue weighted by Crippen LogP contribution is 2.08. The van der Waals surface area contributed by atoms with Gasteiger partial charge in [-0.3, -0.25) is 4.79 Å². The number of rotatable bonds is 3. The van der Waals surface area contributed by atoms with Gasteiger partial charge in [0.1, 0.15) is 17.6 Å². The Bertz CT molecular complexity index is 133. The lowest BCUT2D eigenvalue weighted by molar-refractivity contribution is -0.123. The van der Waals surface area contributed by atoms with Crippen molar-refractivity contribution in [3.8, 4) is 0 Å². The van der Waals surface area contributed by atoms with Crippen LogP contribution in [-0.2, 0) is 4.79 Å². The van der Waals surface area contributed by atoms with Gasteiger partial charge in [0.2, 0.25) is 0 Å². The molecule has 0 spiro atoms. The van der Waals surface area contributed by atoms with Gasteiger partial charge in [-0.25, -0.2) is 0 Å². The van der Waals surface area contributed by atoms with Crippen molar-refractivity contribution in [2.24, 2.45) is 5.92 Å². The maximum Gasteiger partial charge on any atom is 0.135 e. The molecule has 2 atom stereocenters. The van der Waals surface area contributed by atoms with E-state index in [1.165, 1.54) is 13.8 Å². The normalized spacial score (nSPS) is 15.9. The van der Waals surface area contributed by atoms with Gasteiger partial charge < -0.3 is 10.2 Å². The lowest BCUT2D eigenvalue weighted by Gasteiger charge is -2.13.